The highest BCUT2D eigenvalue weighted by atomic mass is 15.3. The fraction of sp³-hybridized carbons (Fsp3) is 0.500. The van der Waals surface area contributed by atoms with E-state index in [9.17, 15) is 0 Å². The third kappa shape index (κ3) is 3.46. The summed E-state index contributed by atoms with van der Waals surface area (Å²) < 4.78 is 0. The first-order valence-corrected chi connectivity index (χ1v) is 9.57. The summed E-state index contributed by atoms with van der Waals surface area (Å²) in [7, 11) is 0. The van der Waals surface area contributed by atoms with Crippen LogP contribution in [0.4, 0.5) is 17.5 Å². The second-order valence-electron chi connectivity index (χ2n) is 7.15. The largest absolute Gasteiger partial charge is 0.368 e. The van der Waals surface area contributed by atoms with Crippen LogP contribution in [0.2, 0.25) is 0 Å². The number of hydrogen-bond acceptors (Lipinski definition) is 6. The van der Waals surface area contributed by atoms with Gasteiger partial charge in [-0.1, -0.05) is 12.1 Å². The average Bonchev–Trinajstić information content (AvgIpc) is 2.71. The summed E-state index contributed by atoms with van der Waals surface area (Å²) in [6.07, 6.45) is 1.90. The van der Waals surface area contributed by atoms with Gasteiger partial charge in [-0.05, 0) is 37.1 Å². The maximum Gasteiger partial charge on any atom is 0.227 e. The summed E-state index contributed by atoms with van der Waals surface area (Å²) in [4.78, 5) is 16.5. The number of piperazine rings is 2. The number of aryl methyl sites for hydroxylation is 1. The van der Waals surface area contributed by atoms with Gasteiger partial charge < -0.3 is 20.0 Å². The van der Waals surface area contributed by atoms with E-state index in [4.69, 9.17) is 4.98 Å². The maximum absolute atomic E-state index is 4.84. The molecule has 2 aliphatic rings. The van der Waals surface area contributed by atoms with Crippen molar-refractivity contribution in [3.05, 3.63) is 41.6 Å². The molecule has 0 spiro atoms. The molecule has 2 saturated heterocycles. The summed E-state index contributed by atoms with van der Waals surface area (Å²) in [6.45, 7) is 12.4. The van der Waals surface area contributed by atoms with Crippen molar-refractivity contribution in [2.45, 2.75) is 13.8 Å². The van der Waals surface area contributed by atoms with Crippen LogP contribution in [0.15, 0.2) is 30.5 Å². The predicted molar refractivity (Wildman–Crippen MR) is 107 cm³/mol. The molecule has 0 saturated carbocycles. The number of benzene rings is 1. The molecule has 0 amide bonds. The Labute approximate surface area is 155 Å². The highest BCUT2D eigenvalue weighted by Crippen LogP contribution is 2.25. The van der Waals surface area contributed by atoms with Crippen LogP contribution in [0, 0.1) is 13.8 Å². The summed E-state index contributed by atoms with van der Waals surface area (Å²) in [5, 5.41) is 3.39. The molecule has 0 radical (unpaired) electrons. The van der Waals surface area contributed by atoms with Crippen LogP contribution in [-0.4, -0.2) is 62.3 Å². The van der Waals surface area contributed by atoms with Crippen LogP contribution >= 0.6 is 0 Å². The van der Waals surface area contributed by atoms with E-state index in [-0.39, 0.29) is 0 Å². The SMILES string of the molecule is Cc1cccc(N2CCN(c3nccc(N4CCNCC4)n3)CC2)c1C. The van der Waals surface area contributed by atoms with Crippen molar-refractivity contribution >= 4 is 17.5 Å². The first-order valence-electron chi connectivity index (χ1n) is 9.57. The van der Waals surface area contributed by atoms with E-state index >= 15 is 0 Å². The standard InChI is InChI=1S/C20H28N6/c1-16-4-3-5-18(17(16)2)24-12-14-26(15-13-24)20-22-7-6-19(23-20)25-10-8-21-9-11-25/h3-7,21H,8-15H2,1-2H3. The zero-order valence-electron chi connectivity index (χ0n) is 15.8. The monoisotopic (exact) mass is 352 g/mol. The summed E-state index contributed by atoms with van der Waals surface area (Å²) in [5.41, 5.74) is 4.11. The molecule has 2 aromatic rings. The Bertz CT molecular complexity index is 748. The van der Waals surface area contributed by atoms with Crippen molar-refractivity contribution in [2.24, 2.45) is 0 Å². The van der Waals surface area contributed by atoms with E-state index in [1.54, 1.807) is 0 Å². The van der Waals surface area contributed by atoms with Crippen LogP contribution in [0.1, 0.15) is 11.1 Å². The molecule has 0 unspecified atom stereocenters. The molecule has 1 aromatic carbocycles. The van der Waals surface area contributed by atoms with Gasteiger partial charge in [-0.2, -0.15) is 4.98 Å². The third-order valence-electron chi connectivity index (χ3n) is 5.55. The van der Waals surface area contributed by atoms with Crippen LogP contribution in [0.3, 0.4) is 0 Å². The number of anilines is 3. The normalized spacial score (nSPS) is 18.3. The molecule has 138 valence electrons. The van der Waals surface area contributed by atoms with E-state index < -0.39 is 0 Å². The fourth-order valence-electron chi connectivity index (χ4n) is 3.79. The first-order chi connectivity index (χ1) is 12.7. The van der Waals surface area contributed by atoms with Crippen molar-refractivity contribution in [1.82, 2.24) is 15.3 Å². The molecule has 0 atom stereocenters. The molecule has 2 aliphatic heterocycles. The molecule has 26 heavy (non-hydrogen) atoms. The molecule has 1 N–H and O–H groups in total. The lowest BCUT2D eigenvalue weighted by molar-refractivity contribution is 0.583. The molecule has 6 nitrogen and oxygen atoms in total. The van der Waals surface area contributed by atoms with E-state index in [2.05, 4.69) is 57.0 Å². The number of rotatable bonds is 3. The molecular weight excluding hydrogens is 324 g/mol. The van der Waals surface area contributed by atoms with Gasteiger partial charge in [0.1, 0.15) is 5.82 Å². The number of nitrogens with zero attached hydrogens (tertiary/aromatic N) is 5. The quantitative estimate of drug-likeness (QED) is 0.909. The molecule has 1 aromatic heterocycles. The number of nitrogens with one attached hydrogen (secondary N) is 1. The minimum Gasteiger partial charge on any atom is -0.368 e. The zero-order valence-corrected chi connectivity index (χ0v) is 15.8. The molecule has 3 heterocycles. The highest BCUT2D eigenvalue weighted by Gasteiger charge is 2.21. The Balaban J connectivity index is 1.44. The fourth-order valence-corrected chi connectivity index (χ4v) is 3.79. The topological polar surface area (TPSA) is 47.5 Å². The van der Waals surface area contributed by atoms with Gasteiger partial charge in [0.15, 0.2) is 0 Å². The van der Waals surface area contributed by atoms with E-state index in [1.165, 1.54) is 16.8 Å². The molecule has 0 bridgehead atoms. The van der Waals surface area contributed by atoms with Crippen molar-refractivity contribution in [3.8, 4) is 0 Å². The van der Waals surface area contributed by atoms with Crippen molar-refractivity contribution in [1.29, 1.82) is 0 Å². The van der Waals surface area contributed by atoms with E-state index in [0.29, 0.717) is 0 Å². The van der Waals surface area contributed by atoms with Crippen LogP contribution in [0.5, 0.6) is 0 Å². The third-order valence-corrected chi connectivity index (χ3v) is 5.55. The number of aromatic nitrogens is 2. The smallest absolute Gasteiger partial charge is 0.227 e. The second kappa shape index (κ2) is 7.50. The first kappa shape index (κ1) is 17.1. The van der Waals surface area contributed by atoms with Gasteiger partial charge in [0.25, 0.3) is 0 Å². The van der Waals surface area contributed by atoms with Crippen molar-refractivity contribution in [3.63, 3.8) is 0 Å². The number of hydrogen-bond donors (Lipinski definition) is 1. The molecule has 6 heteroatoms. The Hall–Kier alpha value is -2.34. The average molecular weight is 352 g/mol. The van der Waals surface area contributed by atoms with E-state index in [1.807, 2.05) is 12.3 Å². The summed E-state index contributed by atoms with van der Waals surface area (Å²) in [5.74, 6) is 1.91. The van der Waals surface area contributed by atoms with Gasteiger partial charge in [-0.15, -0.1) is 0 Å². The summed E-state index contributed by atoms with van der Waals surface area (Å²) >= 11 is 0. The highest BCUT2D eigenvalue weighted by molar-refractivity contribution is 5.57. The lowest BCUT2D eigenvalue weighted by Crippen LogP contribution is -2.47. The Morgan fingerprint density at radius 2 is 1.58 bits per heavy atom. The van der Waals surface area contributed by atoms with Gasteiger partial charge >= 0.3 is 0 Å². The van der Waals surface area contributed by atoms with Crippen LogP contribution < -0.4 is 20.0 Å². The minimum absolute atomic E-state index is 0.863. The van der Waals surface area contributed by atoms with Crippen molar-refractivity contribution in [2.75, 3.05) is 67.1 Å². The Morgan fingerprint density at radius 1 is 0.846 bits per heavy atom. The molecular formula is C20H28N6. The molecule has 4 rings (SSSR count). The van der Waals surface area contributed by atoms with E-state index in [0.717, 1.165) is 64.1 Å². The predicted octanol–water partition coefficient (Wildman–Crippen LogP) is 1.83. The van der Waals surface area contributed by atoms with Crippen molar-refractivity contribution < 1.29 is 0 Å². The zero-order chi connectivity index (χ0) is 17.9. The Morgan fingerprint density at radius 3 is 2.35 bits per heavy atom. The second-order valence-corrected chi connectivity index (χ2v) is 7.15. The maximum atomic E-state index is 4.84. The van der Waals surface area contributed by atoms with Gasteiger partial charge in [-0.3, -0.25) is 0 Å². The molecule has 0 aliphatic carbocycles. The lowest BCUT2D eigenvalue weighted by Gasteiger charge is -2.37. The lowest BCUT2D eigenvalue weighted by atomic mass is 10.1. The Kier molecular flexibility index (Phi) is 4.93. The van der Waals surface area contributed by atoms with Gasteiger partial charge in [0.05, 0.1) is 0 Å². The van der Waals surface area contributed by atoms with Gasteiger partial charge in [0.2, 0.25) is 5.95 Å². The van der Waals surface area contributed by atoms with Crippen LogP contribution in [0.25, 0.3) is 0 Å². The minimum atomic E-state index is 0.863. The van der Waals surface area contributed by atoms with Crippen LogP contribution in [-0.2, 0) is 0 Å². The van der Waals surface area contributed by atoms with Gasteiger partial charge in [0, 0.05) is 64.2 Å². The molecule has 2 fully saturated rings. The van der Waals surface area contributed by atoms with Gasteiger partial charge in [-0.25, -0.2) is 4.98 Å². The summed E-state index contributed by atoms with van der Waals surface area (Å²) in [6, 6.07) is 8.61.